The largest absolute Gasteiger partial charge is 0.497 e. The van der Waals surface area contributed by atoms with Crippen LogP contribution in [0.15, 0.2) is 24.3 Å². The van der Waals surface area contributed by atoms with Gasteiger partial charge in [0, 0.05) is 0 Å². The molecule has 0 N–H and O–H groups in total. The van der Waals surface area contributed by atoms with E-state index in [9.17, 15) is 9.59 Å². The molecular formula is C15H19BrO5. The molecule has 0 unspecified atom stereocenters. The summed E-state index contributed by atoms with van der Waals surface area (Å²) in [5.41, 5.74) is 0. The fourth-order valence-electron chi connectivity index (χ4n) is 1.70. The fourth-order valence-corrected chi connectivity index (χ4v) is 1.83. The second kappa shape index (κ2) is 9.39. The predicted molar refractivity (Wildman–Crippen MR) is 82.1 cm³/mol. The van der Waals surface area contributed by atoms with Gasteiger partial charge in [-0.1, -0.05) is 15.9 Å². The third-order valence-corrected chi connectivity index (χ3v) is 3.26. The molecular weight excluding hydrogens is 340 g/mol. The van der Waals surface area contributed by atoms with Gasteiger partial charge in [0.15, 0.2) is 12.4 Å². The molecule has 0 saturated carbocycles. The Kier molecular flexibility index (Phi) is 7.82. The summed E-state index contributed by atoms with van der Waals surface area (Å²) in [6, 6.07) is 7.00. The number of methoxy groups -OCH3 is 1. The average Bonchev–Trinajstić information content (AvgIpc) is 2.51. The highest BCUT2D eigenvalue weighted by molar-refractivity contribution is 9.09. The van der Waals surface area contributed by atoms with Crippen molar-refractivity contribution < 1.29 is 23.8 Å². The van der Waals surface area contributed by atoms with E-state index < -0.39 is 6.10 Å². The maximum atomic E-state index is 11.1. The Balaban J connectivity index is 2.43. The molecule has 1 aromatic carbocycles. The number of esters is 1. The zero-order valence-corrected chi connectivity index (χ0v) is 13.7. The van der Waals surface area contributed by atoms with Gasteiger partial charge in [0.05, 0.1) is 13.2 Å². The molecule has 0 amide bonds. The van der Waals surface area contributed by atoms with E-state index in [0.29, 0.717) is 18.6 Å². The van der Waals surface area contributed by atoms with Gasteiger partial charge in [0.25, 0.3) is 0 Å². The first kappa shape index (κ1) is 17.5. The summed E-state index contributed by atoms with van der Waals surface area (Å²) in [4.78, 5) is 22.2. The molecule has 0 aliphatic rings. The normalized spacial score (nSPS) is 13.1. The Morgan fingerprint density at radius 3 is 2.38 bits per heavy atom. The number of ether oxygens (including phenoxy) is 3. The molecule has 2 atom stereocenters. The van der Waals surface area contributed by atoms with E-state index in [4.69, 9.17) is 14.2 Å². The maximum absolute atomic E-state index is 11.1. The van der Waals surface area contributed by atoms with Crippen molar-refractivity contribution in [1.29, 1.82) is 0 Å². The zero-order valence-electron chi connectivity index (χ0n) is 12.1. The lowest BCUT2D eigenvalue weighted by Gasteiger charge is -2.17. The Labute approximate surface area is 132 Å². The van der Waals surface area contributed by atoms with Crippen LogP contribution in [0.1, 0.15) is 19.8 Å². The van der Waals surface area contributed by atoms with Gasteiger partial charge < -0.3 is 14.2 Å². The van der Waals surface area contributed by atoms with Crippen LogP contribution in [0.4, 0.5) is 0 Å². The number of hydrogen-bond acceptors (Lipinski definition) is 5. The molecule has 0 spiro atoms. The summed E-state index contributed by atoms with van der Waals surface area (Å²) in [7, 11) is 1.58. The second-order valence-corrected chi connectivity index (χ2v) is 5.04. The summed E-state index contributed by atoms with van der Waals surface area (Å²) in [5, 5.41) is 0.163. The lowest BCUT2D eigenvalue weighted by molar-refractivity contribution is -0.145. The van der Waals surface area contributed by atoms with Crippen molar-refractivity contribution in [2.45, 2.75) is 32.0 Å². The van der Waals surface area contributed by atoms with Crippen LogP contribution in [-0.2, 0) is 14.3 Å². The van der Waals surface area contributed by atoms with Gasteiger partial charge in [0.1, 0.15) is 16.8 Å². The number of benzene rings is 1. The van der Waals surface area contributed by atoms with E-state index in [1.807, 2.05) is 0 Å². The summed E-state index contributed by atoms with van der Waals surface area (Å²) in [5.74, 6) is 1.000. The molecule has 116 valence electrons. The molecule has 0 fully saturated rings. The van der Waals surface area contributed by atoms with E-state index >= 15 is 0 Å². The molecule has 1 rings (SSSR count). The van der Waals surface area contributed by atoms with Crippen LogP contribution in [0.2, 0.25) is 0 Å². The maximum Gasteiger partial charge on any atom is 0.316 e. The smallest absolute Gasteiger partial charge is 0.316 e. The lowest BCUT2D eigenvalue weighted by Crippen LogP contribution is -2.22. The van der Waals surface area contributed by atoms with Crippen molar-refractivity contribution in [3.05, 3.63) is 24.3 Å². The summed E-state index contributed by atoms with van der Waals surface area (Å²) in [6.07, 6.45) is 0.967. The van der Waals surface area contributed by atoms with Crippen molar-refractivity contribution in [3.63, 3.8) is 0 Å². The van der Waals surface area contributed by atoms with E-state index in [-0.39, 0.29) is 17.4 Å². The standard InChI is InChI=1S/C15H19BrO5/c1-11(20-15(18)9-16)3-4-14(10-17)21-13-7-5-12(19-2)6-8-13/h5-8,10-11,14H,3-4,9H2,1-2H3/t11-,14+/m0/s1. The quantitative estimate of drug-likeness (QED) is 0.385. The van der Waals surface area contributed by atoms with Gasteiger partial charge in [-0.15, -0.1) is 0 Å². The zero-order chi connectivity index (χ0) is 15.7. The highest BCUT2D eigenvalue weighted by atomic mass is 79.9. The van der Waals surface area contributed by atoms with Gasteiger partial charge >= 0.3 is 5.97 Å². The van der Waals surface area contributed by atoms with Crippen LogP contribution in [0, 0.1) is 0 Å². The number of halogens is 1. The van der Waals surface area contributed by atoms with Crippen LogP contribution in [-0.4, -0.2) is 36.9 Å². The van der Waals surface area contributed by atoms with Crippen LogP contribution in [0.3, 0.4) is 0 Å². The number of aldehydes is 1. The topological polar surface area (TPSA) is 61.8 Å². The van der Waals surface area contributed by atoms with Crippen LogP contribution >= 0.6 is 15.9 Å². The number of carbonyl (C=O) groups excluding carboxylic acids is 2. The molecule has 5 nitrogen and oxygen atoms in total. The molecule has 6 heteroatoms. The summed E-state index contributed by atoms with van der Waals surface area (Å²) in [6.45, 7) is 1.79. The van der Waals surface area contributed by atoms with Crippen LogP contribution in [0.25, 0.3) is 0 Å². The minimum atomic E-state index is -0.566. The fraction of sp³-hybridized carbons (Fsp3) is 0.467. The molecule has 21 heavy (non-hydrogen) atoms. The summed E-state index contributed by atoms with van der Waals surface area (Å²) >= 11 is 3.03. The minimum absolute atomic E-state index is 0.163. The Bertz CT molecular complexity index is 446. The molecule has 0 aromatic heterocycles. The van der Waals surface area contributed by atoms with Gasteiger partial charge in [-0.2, -0.15) is 0 Å². The Morgan fingerprint density at radius 1 is 1.24 bits per heavy atom. The van der Waals surface area contributed by atoms with Crippen molar-refractivity contribution >= 4 is 28.2 Å². The van der Waals surface area contributed by atoms with Gasteiger partial charge in [-0.25, -0.2) is 0 Å². The molecule has 0 bridgehead atoms. The number of alkyl halides is 1. The third kappa shape index (κ3) is 6.62. The van der Waals surface area contributed by atoms with E-state index in [0.717, 1.165) is 12.0 Å². The molecule has 0 saturated heterocycles. The molecule has 0 aliphatic heterocycles. The van der Waals surface area contributed by atoms with Gasteiger partial charge in [-0.3, -0.25) is 9.59 Å². The first-order valence-electron chi connectivity index (χ1n) is 6.60. The SMILES string of the molecule is COc1ccc(O[C@@H](C=O)CC[C@H](C)OC(=O)CBr)cc1. The van der Waals surface area contributed by atoms with Crippen molar-refractivity contribution in [1.82, 2.24) is 0 Å². The lowest BCUT2D eigenvalue weighted by atomic mass is 10.1. The Hall–Kier alpha value is -1.56. The Morgan fingerprint density at radius 2 is 1.86 bits per heavy atom. The first-order chi connectivity index (χ1) is 10.1. The van der Waals surface area contributed by atoms with Crippen LogP contribution in [0.5, 0.6) is 11.5 Å². The highest BCUT2D eigenvalue weighted by Crippen LogP contribution is 2.19. The van der Waals surface area contributed by atoms with Crippen molar-refractivity contribution in [2.24, 2.45) is 0 Å². The highest BCUT2D eigenvalue weighted by Gasteiger charge is 2.14. The average molecular weight is 359 g/mol. The number of carbonyl (C=O) groups is 2. The minimum Gasteiger partial charge on any atom is -0.497 e. The number of hydrogen-bond donors (Lipinski definition) is 0. The third-order valence-electron chi connectivity index (χ3n) is 2.80. The van der Waals surface area contributed by atoms with Crippen molar-refractivity contribution in [2.75, 3.05) is 12.4 Å². The van der Waals surface area contributed by atoms with Gasteiger partial charge in [0.2, 0.25) is 0 Å². The molecule has 0 aliphatic carbocycles. The monoisotopic (exact) mass is 358 g/mol. The van der Waals surface area contributed by atoms with Crippen LogP contribution < -0.4 is 9.47 Å². The van der Waals surface area contributed by atoms with Crippen molar-refractivity contribution in [3.8, 4) is 11.5 Å². The summed E-state index contributed by atoms with van der Waals surface area (Å²) < 4.78 is 15.7. The molecule has 0 heterocycles. The predicted octanol–water partition coefficient (Wildman–Crippen LogP) is 2.75. The van der Waals surface area contributed by atoms with E-state index in [2.05, 4.69) is 15.9 Å². The molecule has 0 radical (unpaired) electrons. The molecule has 1 aromatic rings. The first-order valence-corrected chi connectivity index (χ1v) is 7.72. The number of rotatable bonds is 9. The van der Waals surface area contributed by atoms with Gasteiger partial charge in [-0.05, 0) is 44.0 Å². The second-order valence-electron chi connectivity index (χ2n) is 4.48. The van der Waals surface area contributed by atoms with E-state index in [1.54, 1.807) is 38.3 Å². The van der Waals surface area contributed by atoms with E-state index in [1.165, 1.54) is 0 Å².